The summed E-state index contributed by atoms with van der Waals surface area (Å²) in [6.45, 7) is 7.03. The van der Waals surface area contributed by atoms with Gasteiger partial charge in [0.1, 0.15) is 0 Å². The second-order valence-electron chi connectivity index (χ2n) is 3.69. The predicted molar refractivity (Wildman–Crippen MR) is 42.7 cm³/mol. The standard InChI is InChI=1S/C8H14.In/c1-5-6-7-8(2,3)4;/h6H,1,5H2,2-4H3;. The molecule has 0 aromatic rings. The quantitative estimate of drug-likeness (QED) is 0.593. The maximum absolute atomic E-state index is 2.49. The monoisotopic (exact) mass is 225 g/mol. The SMILES string of the molecule is CC(C)(C)[C]1=CC[CH2][In]1. The van der Waals surface area contributed by atoms with Crippen LogP contribution in [0.4, 0.5) is 0 Å². The number of rotatable bonds is 0. The summed E-state index contributed by atoms with van der Waals surface area (Å²) in [5.74, 6) is 0. The normalized spacial score (nSPS) is 19.2. The van der Waals surface area contributed by atoms with Crippen LogP contribution in [0, 0.1) is 5.41 Å². The summed E-state index contributed by atoms with van der Waals surface area (Å²) in [7, 11) is 0. The summed E-state index contributed by atoms with van der Waals surface area (Å²) in [6.07, 6.45) is 3.88. The molecule has 0 amide bonds. The zero-order valence-corrected chi connectivity index (χ0v) is 9.86. The van der Waals surface area contributed by atoms with Gasteiger partial charge in [-0.25, -0.2) is 0 Å². The van der Waals surface area contributed by atoms with Crippen molar-refractivity contribution in [2.75, 3.05) is 0 Å². The van der Waals surface area contributed by atoms with E-state index in [4.69, 9.17) is 0 Å². The zero-order valence-electron chi connectivity index (χ0n) is 6.57. The zero-order chi connectivity index (χ0) is 6.91. The molecular weight excluding hydrogens is 211 g/mol. The predicted octanol–water partition coefficient (Wildman–Crippen LogP) is 2.44. The van der Waals surface area contributed by atoms with Crippen LogP contribution in [-0.2, 0) is 0 Å². The molecule has 0 spiro atoms. The Morgan fingerprint density at radius 2 is 2.11 bits per heavy atom. The molecule has 0 aromatic heterocycles. The van der Waals surface area contributed by atoms with Gasteiger partial charge in [0.2, 0.25) is 0 Å². The van der Waals surface area contributed by atoms with Gasteiger partial charge in [-0.3, -0.25) is 0 Å². The Bertz CT molecular complexity index is 128. The van der Waals surface area contributed by atoms with Crippen LogP contribution in [-0.4, -0.2) is 22.9 Å². The molecule has 1 aliphatic rings. The molecule has 0 unspecified atom stereocenters. The molecule has 1 rings (SSSR count). The number of hydrogen-bond acceptors (Lipinski definition) is 0. The van der Waals surface area contributed by atoms with Crippen LogP contribution in [0.5, 0.6) is 0 Å². The number of allylic oxidation sites excluding steroid dienone is 2. The molecule has 0 saturated carbocycles. The first-order chi connectivity index (χ1) is 4.11. The molecule has 0 atom stereocenters. The molecule has 0 aliphatic carbocycles. The van der Waals surface area contributed by atoms with Crippen molar-refractivity contribution in [1.29, 1.82) is 0 Å². The van der Waals surface area contributed by atoms with Gasteiger partial charge in [-0.15, -0.1) is 0 Å². The Balaban J connectivity index is 2.61. The fourth-order valence-corrected chi connectivity index (χ4v) is 5.71. The van der Waals surface area contributed by atoms with Crippen molar-refractivity contribution >= 4 is 22.9 Å². The first-order valence-corrected chi connectivity index (χ1v) is 7.62. The molecule has 49 valence electrons. The average molecular weight is 225 g/mol. The van der Waals surface area contributed by atoms with Crippen molar-refractivity contribution in [3.8, 4) is 0 Å². The molecule has 0 nitrogen and oxygen atoms in total. The van der Waals surface area contributed by atoms with Crippen molar-refractivity contribution in [2.45, 2.75) is 31.4 Å². The van der Waals surface area contributed by atoms with E-state index in [1.165, 1.54) is 6.42 Å². The van der Waals surface area contributed by atoms with Gasteiger partial charge in [0, 0.05) is 0 Å². The Kier molecular flexibility index (Phi) is 2.31. The second kappa shape index (κ2) is 2.69. The number of hydrogen-bond donors (Lipinski definition) is 0. The van der Waals surface area contributed by atoms with Gasteiger partial charge >= 0.3 is 69.1 Å². The molecule has 1 radical (unpaired) electrons. The van der Waals surface area contributed by atoms with E-state index >= 15 is 0 Å². The maximum atomic E-state index is 2.49. The van der Waals surface area contributed by atoms with Gasteiger partial charge < -0.3 is 0 Å². The van der Waals surface area contributed by atoms with Crippen molar-refractivity contribution in [3.05, 3.63) is 9.41 Å². The van der Waals surface area contributed by atoms with Gasteiger partial charge in [0.05, 0.1) is 0 Å². The van der Waals surface area contributed by atoms with Gasteiger partial charge in [-0.05, 0) is 0 Å². The van der Waals surface area contributed by atoms with Crippen LogP contribution in [0.1, 0.15) is 27.2 Å². The van der Waals surface area contributed by atoms with Crippen LogP contribution in [0.15, 0.2) is 9.41 Å². The second-order valence-corrected chi connectivity index (χ2v) is 8.28. The van der Waals surface area contributed by atoms with Gasteiger partial charge in [0.25, 0.3) is 0 Å². The topological polar surface area (TPSA) is 0 Å². The van der Waals surface area contributed by atoms with E-state index in [9.17, 15) is 0 Å². The molecule has 1 aliphatic heterocycles. The first-order valence-electron chi connectivity index (χ1n) is 3.64. The van der Waals surface area contributed by atoms with E-state index in [0.717, 1.165) is 0 Å². The molecule has 0 bridgehead atoms. The summed E-state index contributed by atoms with van der Waals surface area (Å²) in [6, 6.07) is 0. The van der Waals surface area contributed by atoms with Crippen LogP contribution in [0.25, 0.3) is 0 Å². The summed E-state index contributed by atoms with van der Waals surface area (Å²) < 4.78 is 3.42. The first kappa shape index (κ1) is 7.71. The van der Waals surface area contributed by atoms with E-state index < -0.39 is 0 Å². The van der Waals surface area contributed by atoms with Crippen molar-refractivity contribution in [2.24, 2.45) is 5.41 Å². The van der Waals surface area contributed by atoms with E-state index in [1.54, 1.807) is 4.18 Å². The molecule has 1 heterocycles. The fraction of sp³-hybridized carbons (Fsp3) is 0.750. The van der Waals surface area contributed by atoms with Crippen LogP contribution in [0.2, 0.25) is 4.18 Å². The summed E-state index contributed by atoms with van der Waals surface area (Å²) in [5, 5.41) is 0. The van der Waals surface area contributed by atoms with Crippen molar-refractivity contribution in [3.63, 3.8) is 0 Å². The third-order valence-electron chi connectivity index (χ3n) is 1.76. The molecule has 0 N–H and O–H groups in total. The van der Waals surface area contributed by atoms with E-state index in [-0.39, 0.29) is 22.9 Å². The molecule has 9 heavy (non-hydrogen) atoms. The third-order valence-corrected chi connectivity index (χ3v) is 7.94. The van der Waals surface area contributed by atoms with E-state index in [0.29, 0.717) is 5.41 Å². The van der Waals surface area contributed by atoms with E-state index in [2.05, 4.69) is 26.8 Å². The van der Waals surface area contributed by atoms with Crippen LogP contribution in [0.3, 0.4) is 0 Å². The molecule has 0 aromatic carbocycles. The average Bonchev–Trinajstić information content (AvgIpc) is 2.08. The summed E-state index contributed by atoms with van der Waals surface area (Å²) >= 11 is -0.199. The molecule has 0 saturated heterocycles. The van der Waals surface area contributed by atoms with Crippen LogP contribution >= 0.6 is 0 Å². The minimum absolute atomic E-state index is 0.199. The Labute approximate surface area is 69.1 Å². The molecule has 1 heteroatoms. The Morgan fingerprint density at radius 1 is 1.44 bits per heavy atom. The third kappa shape index (κ3) is 2.03. The van der Waals surface area contributed by atoms with Crippen molar-refractivity contribution in [1.82, 2.24) is 0 Å². The van der Waals surface area contributed by atoms with Crippen LogP contribution < -0.4 is 0 Å². The Hall–Kier alpha value is 0.610. The molecule has 0 fully saturated rings. The Morgan fingerprint density at radius 3 is 2.33 bits per heavy atom. The summed E-state index contributed by atoms with van der Waals surface area (Å²) in [4.78, 5) is 0. The summed E-state index contributed by atoms with van der Waals surface area (Å²) in [5.41, 5.74) is 0.525. The minimum atomic E-state index is -0.199. The van der Waals surface area contributed by atoms with E-state index in [1.807, 2.05) is 3.33 Å². The fourth-order valence-electron chi connectivity index (χ4n) is 1.17. The van der Waals surface area contributed by atoms with Gasteiger partial charge in [-0.2, -0.15) is 0 Å². The van der Waals surface area contributed by atoms with Gasteiger partial charge in [0.15, 0.2) is 0 Å². The molecular formula is C8H14In. The van der Waals surface area contributed by atoms with Gasteiger partial charge in [-0.1, -0.05) is 0 Å². The van der Waals surface area contributed by atoms with Crippen molar-refractivity contribution < 1.29 is 0 Å².